The normalized spacial score (nSPS) is 18.4. The SMILES string of the molecule is CCO.CN1C(=O)C2(C(C#N)=C(N)SC(N)=C2C#N)c2cc(Br)ccc21.CN1C(=O)C2(C(C#N)=C(N)SC(N)=C2C#N)c2cc(Br)ccc21.CN1C(=O)C2(C(C#N)=C(N)SC(N)=C2C#N)c2cc(Br)ccc21. The second-order valence-electron chi connectivity index (χ2n) is 15.6. The van der Waals surface area contributed by atoms with Crippen molar-refractivity contribution in [2.75, 3.05) is 42.4 Å². The highest BCUT2D eigenvalue weighted by Gasteiger charge is 2.61. The molecule has 72 heavy (non-hydrogen) atoms. The van der Waals surface area contributed by atoms with Gasteiger partial charge in [0.1, 0.15) is 0 Å². The molecule has 9 rings (SSSR count). The summed E-state index contributed by atoms with van der Waals surface area (Å²) in [6.07, 6.45) is 0. The zero-order chi connectivity index (χ0) is 53.5. The number of nitriles is 6. The summed E-state index contributed by atoms with van der Waals surface area (Å²) in [5.41, 5.74) is 34.8. The number of carbonyl (C=O) groups is 3. The molecule has 0 atom stereocenters. The van der Waals surface area contributed by atoms with Gasteiger partial charge in [0.25, 0.3) is 0 Å². The van der Waals surface area contributed by atoms with Crippen molar-refractivity contribution in [3.05, 3.63) is 148 Å². The third kappa shape index (κ3) is 7.73. The number of amides is 3. The molecule has 0 radical (unpaired) electrons. The lowest BCUT2D eigenvalue weighted by atomic mass is 9.70. The summed E-state index contributed by atoms with van der Waals surface area (Å²) in [5.74, 6) is -1.24. The number of halogens is 3. The van der Waals surface area contributed by atoms with Gasteiger partial charge in [-0.2, -0.15) is 31.6 Å². The van der Waals surface area contributed by atoms with E-state index in [0.29, 0.717) is 33.8 Å². The van der Waals surface area contributed by atoms with Crippen molar-refractivity contribution in [1.82, 2.24) is 0 Å². The van der Waals surface area contributed by atoms with Crippen molar-refractivity contribution in [2.24, 2.45) is 34.4 Å². The number of aliphatic hydroxyl groups excluding tert-OH is 1. The summed E-state index contributed by atoms with van der Waals surface area (Å²) < 4.78 is 2.18. The minimum absolute atomic E-state index is 0.0435. The van der Waals surface area contributed by atoms with Crippen LogP contribution >= 0.6 is 83.1 Å². The second-order valence-corrected chi connectivity index (χ2v) is 21.6. The van der Waals surface area contributed by atoms with E-state index in [1.165, 1.54) is 14.7 Å². The number of aliphatic hydroxyl groups is 1. The Bertz CT molecular complexity index is 2990. The van der Waals surface area contributed by atoms with Gasteiger partial charge >= 0.3 is 0 Å². The Balaban J connectivity index is 0.000000172. The van der Waals surface area contributed by atoms with Crippen molar-refractivity contribution in [2.45, 2.75) is 23.2 Å². The molecule has 0 saturated carbocycles. The van der Waals surface area contributed by atoms with Gasteiger partial charge < -0.3 is 54.2 Å². The minimum atomic E-state index is -1.57. The molecular weight excluding hydrogens is 1170 g/mol. The van der Waals surface area contributed by atoms with Crippen LogP contribution in [0.1, 0.15) is 23.6 Å². The van der Waals surface area contributed by atoms with Crippen LogP contribution in [0.3, 0.4) is 0 Å². The first-order valence-corrected chi connectivity index (χ1v) is 25.2. The third-order valence-corrected chi connectivity index (χ3v) is 16.1. The van der Waals surface area contributed by atoms with E-state index in [2.05, 4.69) is 47.8 Å². The molecule has 3 amide bonds. The van der Waals surface area contributed by atoms with Crippen LogP contribution in [0.15, 0.2) is 132 Å². The van der Waals surface area contributed by atoms with Crippen LogP contribution in [0.4, 0.5) is 17.1 Å². The molecule has 362 valence electrons. The highest BCUT2D eigenvalue weighted by Crippen LogP contribution is 2.58. The Hall–Kier alpha value is -7.30. The standard InChI is InChI=1S/3C15H10BrN5OS.C2H6O/c3*1-21-11-3-2-7(16)4-8(11)15(14(21)22)9(5-17)12(19)23-13(20)10(15)6-18;1-2-3/h3*2-4H,19-20H2,1H3;3H,2H2,1H3. The maximum atomic E-state index is 13.1. The smallest absolute Gasteiger partial charge is 0.248 e. The largest absolute Gasteiger partial charge is 0.397 e. The van der Waals surface area contributed by atoms with E-state index in [1.54, 1.807) is 82.7 Å². The number of anilines is 3. The van der Waals surface area contributed by atoms with Crippen LogP contribution in [-0.2, 0) is 30.6 Å². The molecule has 0 saturated heterocycles. The Labute approximate surface area is 450 Å². The van der Waals surface area contributed by atoms with E-state index in [-0.39, 0.29) is 70.2 Å². The molecule has 6 aliphatic rings. The number of likely N-dealkylation sites (N-methyl/N-ethyl adjacent to an activating group) is 3. The average molecular weight is 1210 g/mol. The van der Waals surface area contributed by atoms with Crippen LogP contribution in [-0.4, -0.2) is 50.6 Å². The van der Waals surface area contributed by atoms with Gasteiger partial charge in [-0.25, -0.2) is 0 Å². The van der Waals surface area contributed by atoms with Crippen LogP contribution in [0.25, 0.3) is 0 Å². The van der Waals surface area contributed by atoms with E-state index in [0.717, 1.165) is 48.7 Å². The number of rotatable bonds is 0. The predicted octanol–water partition coefficient (Wildman–Crippen LogP) is 5.39. The monoisotopic (exact) mass is 1210 g/mol. The fraction of sp³-hybridized carbons (Fsp3) is 0.170. The Morgan fingerprint density at radius 3 is 0.806 bits per heavy atom. The molecule has 25 heteroatoms. The molecule has 0 fully saturated rings. The summed E-state index contributed by atoms with van der Waals surface area (Å²) in [5, 5.41) is 66.2. The molecule has 3 aromatic rings. The molecule has 3 aromatic carbocycles. The molecule has 13 N–H and O–H groups in total. The summed E-state index contributed by atoms with van der Waals surface area (Å²) in [6, 6.07) is 27.9. The lowest BCUT2D eigenvalue weighted by molar-refractivity contribution is -0.121. The van der Waals surface area contributed by atoms with Crippen LogP contribution in [0.5, 0.6) is 0 Å². The third-order valence-electron chi connectivity index (χ3n) is 12.1. The molecule has 19 nitrogen and oxygen atoms in total. The maximum Gasteiger partial charge on any atom is 0.248 e. The zero-order valence-corrected chi connectivity index (χ0v) is 45.1. The molecular formula is C47H36Br3N15O4S3. The first kappa shape index (κ1) is 54.0. The highest BCUT2D eigenvalue weighted by molar-refractivity contribution is 9.11. The number of nitrogens with two attached hydrogens (primary N) is 6. The van der Waals surface area contributed by atoms with Crippen molar-refractivity contribution in [1.29, 1.82) is 31.6 Å². The fourth-order valence-electron chi connectivity index (χ4n) is 9.16. The second kappa shape index (κ2) is 20.4. The number of carbonyl (C=O) groups excluding carboxylic acids is 3. The summed E-state index contributed by atoms with van der Waals surface area (Å²) in [4.78, 5) is 43.6. The van der Waals surface area contributed by atoms with Gasteiger partial charge in [0.2, 0.25) is 17.7 Å². The van der Waals surface area contributed by atoms with Gasteiger partial charge in [-0.1, -0.05) is 83.1 Å². The van der Waals surface area contributed by atoms with E-state index in [4.69, 9.17) is 39.5 Å². The van der Waals surface area contributed by atoms with Gasteiger partial charge in [-0.3, -0.25) is 14.4 Å². The zero-order valence-electron chi connectivity index (χ0n) is 37.9. The van der Waals surface area contributed by atoms with Gasteiger partial charge in [-0.05, 0) is 61.5 Å². The van der Waals surface area contributed by atoms with Gasteiger partial charge in [0.05, 0.1) is 100 Å². The molecule has 6 aliphatic heterocycles. The molecule has 0 aliphatic carbocycles. The Kier molecular flexibility index (Phi) is 15.3. The van der Waals surface area contributed by atoms with E-state index >= 15 is 0 Å². The van der Waals surface area contributed by atoms with E-state index in [1.807, 2.05) is 36.4 Å². The Morgan fingerprint density at radius 2 is 0.639 bits per heavy atom. The summed E-state index contributed by atoms with van der Waals surface area (Å²) in [7, 11) is 4.80. The number of fused-ring (bicyclic) bond motifs is 6. The molecule has 3 spiro atoms. The number of hydrogen-bond acceptors (Lipinski definition) is 19. The van der Waals surface area contributed by atoms with E-state index < -0.39 is 34.0 Å². The Morgan fingerprint density at radius 1 is 0.458 bits per heavy atom. The van der Waals surface area contributed by atoms with Crippen molar-refractivity contribution < 1.29 is 19.5 Å². The topological polar surface area (TPSA) is 380 Å². The van der Waals surface area contributed by atoms with Crippen molar-refractivity contribution in [3.8, 4) is 36.4 Å². The van der Waals surface area contributed by atoms with Gasteiger partial charge in [0, 0.05) is 74.9 Å². The number of thioether (sulfide) groups is 3. The van der Waals surface area contributed by atoms with Crippen LogP contribution in [0.2, 0.25) is 0 Å². The van der Waals surface area contributed by atoms with E-state index in [9.17, 15) is 46.0 Å². The van der Waals surface area contributed by atoms with Crippen LogP contribution in [0, 0.1) is 68.0 Å². The summed E-state index contributed by atoms with van der Waals surface area (Å²) in [6.45, 7) is 1.93. The minimum Gasteiger partial charge on any atom is -0.397 e. The number of nitrogens with zero attached hydrogens (tertiary/aromatic N) is 9. The summed E-state index contributed by atoms with van der Waals surface area (Å²) >= 11 is 12.9. The maximum absolute atomic E-state index is 13.1. The number of benzene rings is 3. The molecule has 0 bridgehead atoms. The number of hydrogen-bond donors (Lipinski definition) is 7. The quantitative estimate of drug-likeness (QED) is 0.148. The highest BCUT2D eigenvalue weighted by atomic mass is 79.9. The fourth-order valence-corrected chi connectivity index (χ4v) is 12.8. The molecule has 0 aromatic heterocycles. The lowest BCUT2D eigenvalue weighted by Crippen LogP contribution is -2.44. The van der Waals surface area contributed by atoms with Crippen LogP contribution < -0.4 is 49.1 Å². The molecule has 0 unspecified atom stereocenters. The first-order valence-electron chi connectivity index (χ1n) is 20.4. The van der Waals surface area contributed by atoms with Crippen molar-refractivity contribution in [3.63, 3.8) is 0 Å². The van der Waals surface area contributed by atoms with Gasteiger partial charge in [-0.15, -0.1) is 0 Å². The average Bonchev–Trinajstić information content (AvgIpc) is 3.76. The first-order chi connectivity index (χ1) is 34.1. The molecule has 6 heterocycles. The van der Waals surface area contributed by atoms with Gasteiger partial charge in [0.15, 0.2) is 16.2 Å². The lowest BCUT2D eigenvalue weighted by Gasteiger charge is -2.32. The predicted molar refractivity (Wildman–Crippen MR) is 284 cm³/mol. The van der Waals surface area contributed by atoms with Crippen molar-refractivity contribution >= 4 is 118 Å².